The average molecular weight is 405 g/mol. The van der Waals surface area contributed by atoms with Gasteiger partial charge in [0.1, 0.15) is 12.0 Å². The summed E-state index contributed by atoms with van der Waals surface area (Å²) in [7, 11) is 1.90. The van der Waals surface area contributed by atoms with Crippen molar-refractivity contribution in [1.29, 1.82) is 0 Å². The van der Waals surface area contributed by atoms with Crippen LogP contribution in [-0.2, 0) is 7.05 Å². The number of H-pyrrole nitrogens is 1. The molecule has 0 aliphatic heterocycles. The van der Waals surface area contributed by atoms with Crippen molar-refractivity contribution in [2.24, 2.45) is 7.05 Å². The fourth-order valence-electron chi connectivity index (χ4n) is 3.01. The largest absolute Gasteiger partial charge is 0.321 e. The number of thioether (sulfide) groups is 1. The van der Waals surface area contributed by atoms with Crippen LogP contribution in [0.15, 0.2) is 70.9 Å². The molecule has 7 nitrogen and oxygen atoms in total. The summed E-state index contributed by atoms with van der Waals surface area (Å²) < 4.78 is 1.86. The zero-order chi connectivity index (χ0) is 20.4. The number of carbonyl (C=O) groups excluding carboxylic acids is 1. The Kier molecular flexibility index (Phi) is 5.18. The van der Waals surface area contributed by atoms with E-state index in [4.69, 9.17) is 0 Å². The molecule has 8 heteroatoms. The van der Waals surface area contributed by atoms with Crippen molar-refractivity contribution >= 4 is 34.1 Å². The van der Waals surface area contributed by atoms with Crippen LogP contribution in [0.1, 0.15) is 28.2 Å². The molecule has 0 aliphatic rings. The number of hydrogen-bond donors (Lipinski definition) is 2. The van der Waals surface area contributed by atoms with Gasteiger partial charge >= 0.3 is 0 Å². The number of amides is 1. The maximum Gasteiger partial charge on any atom is 0.272 e. The van der Waals surface area contributed by atoms with E-state index in [2.05, 4.69) is 27.4 Å². The Morgan fingerprint density at radius 2 is 2.00 bits per heavy atom. The molecule has 1 atom stereocenters. The lowest BCUT2D eigenvalue weighted by Gasteiger charge is -2.13. The Labute approximate surface area is 171 Å². The quantitative estimate of drug-likeness (QED) is 0.493. The number of fused-ring (bicyclic) bond motifs is 1. The fraction of sp³-hybridized carbons (Fsp3) is 0.143. The lowest BCUT2D eigenvalue weighted by atomic mass is 10.1. The van der Waals surface area contributed by atoms with Crippen molar-refractivity contribution < 1.29 is 4.79 Å². The molecule has 2 aromatic carbocycles. The molecule has 0 bridgehead atoms. The lowest BCUT2D eigenvalue weighted by molar-refractivity contribution is 0.102. The molecule has 4 rings (SSSR count). The van der Waals surface area contributed by atoms with Gasteiger partial charge in [-0.2, -0.15) is 0 Å². The van der Waals surface area contributed by atoms with Crippen LogP contribution in [0.3, 0.4) is 0 Å². The van der Waals surface area contributed by atoms with Crippen molar-refractivity contribution in [1.82, 2.24) is 19.7 Å². The minimum absolute atomic E-state index is 0.121. The van der Waals surface area contributed by atoms with Crippen LogP contribution in [0.2, 0.25) is 0 Å². The Balaban J connectivity index is 1.54. The third kappa shape index (κ3) is 4.07. The highest BCUT2D eigenvalue weighted by molar-refractivity contribution is 7.99. The second-order valence-electron chi connectivity index (χ2n) is 6.66. The van der Waals surface area contributed by atoms with Crippen LogP contribution in [-0.4, -0.2) is 25.7 Å². The third-order valence-electron chi connectivity index (χ3n) is 4.56. The summed E-state index contributed by atoms with van der Waals surface area (Å²) >= 11 is 1.59. The summed E-state index contributed by atoms with van der Waals surface area (Å²) in [6.07, 6.45) is 1.66. The summed E-state index contributed by atoms with van der Waals surface area (Å²) in [6, 6.07) is 16.5. The number of rotatable bonds is 5. The Hall–Kier alpha value is -3.39. The first-order valence-electron chi connectivity index (χ1n) is 9.05. The number of pyridine rings is 1. The van der Waals surface area contributed by atoms with Gasteiger partial charge in [0.2, 0.25) is 0 Å². The summed E-state index contributed by atoms with van der Waals surface area (Å²) in [4.78, 5) is 27.6. The van der Waals surface area contributed by atoms with E-state index in [1.807, 2.05) is 48.0 Å². The van der Waals surface area contributed by atoms with Gasteiger partial charge in [0.05, 0.1) is 0 Å². The second-order valence-corrected chi connectivity index (χ2v) is 7.97. The van der Waals surface area contributed by atoms with E-state index in [0.29, 0.717) is 11.1 Å². The monoisotopic (exact) mass is 405 g/mol. The number of carbonyl (C=O) groups is 1. The third-order valence-corrected chi connectivity index (χ3v) is 5.77. The maximum absolute atomic E-state index is 12.7. The number of aryl methyl sites for hydroxylation is 1. The summed E-state index contributed by atoms with van der Waals surface area (Å²) in [5.41, 5.74) is 1.64. The van der Waals surface area contributed by atoms with E-state index in [1.54, 1.807) is 36.3 Å². The van der Waals surface area contributed by atoms with Gasteiger partial charge in [0, 0.05) is 23.4 Å². The molecule has 29 heavy (non-hydrogen) atoms. The van der Waals surface area contributed by atoms with Crippen molar-refractivity contribution in [3.05, 3.63) is 82.5 Å². The summed E-state index contributed by atoms with van der Waals surface area (Å²) in [6.45, 7) is 2.07. The van der Waals surface area contributed by atoms with Crippen LogP contribution in [0, 0.1) is 0 Å². The van der Waals surface area contributed by atoms with Crippen LogP contribution in [0.25, 0.3) is 10.8 Å². The molecule has 2 aromatic heterocycles. The first kappa shape index (κ1) is 18.9. The van der Waals surface area contributed by atoms with E-state index in [1.165, 1.54) is 0 Å². The number of aromatic nitrogens is 4. The van der Waals surface area contributed by atoms with Gasteiger partial charge in [0.15, 0.2) is 5.16 Å². The second kappa shape index (κ2) is 7.92. The number of nitrogens with zero attached hydrogens (tertiary/aromatic N) is 3. The number of benzene rings is 2. The van der Waals surface area contributed by atoms with Gasteiger partial charge in [-0.05, 0) is 42.1 Å². The fourth-order valence-corrected chi connectivity index (χ4v) is 3.91. The molecule has 0 saturated heterocycles. The Bertz CT molecular complexity index is 1250. The highest BCUT2D eigenvalue weighted by Gasteiger charge is 2.14. The molecule has 0 fully saturated rings. The van der Waals surface area contributed by atoms with Crippen LogP contribution >= 0.6 is 11.8 Å². The molecule has 0 spiro atoms. The molecule has 2 N–H and O–H groups in total. The van der Waals surface area contributed by atoms with Gasteiger partial charge in [-0.3, -0.25) is 9.59 Å². The van der Waals surface area contributed by atoms with Crippen LogP contribution in [0.5, 0.6) is 0 Å². The minimum Gasteiger partial charge on any atom is -0.321 e. The first-order valence-corrected chi connectivity index (χ1v) is 9.93. The van der Waals surface area contributed by atoms with Crippen LogP contribution < -0.4 is 10.9 Å². The molecule has 0 saturated carbocycles. The summed E-state index contributed by atoms with van der Waals surface area (Å²) in [5, 5.41) is 13.1. The summed E-state index contributed by atoms with van der Waals surface area (Å²) in [5.74, 6) is -0.362. The topological polar surface area (TPSA) is 92.7 Å². The Morgan fingerprint density at radius 1 is 1.17 bits per heavy atom. The number of nitrogens with one attached hydrogen (secondary N) is 2. The number of anilines is 1. The van der Waals surface area contributed by atoms with Crippen molar-refractivity contribution in [2.75, 3.05) is 5.32 Å². The van der Waals surface area contributed by atoms with Crippen molar-refractivity contribution in [2.45, 2.75) is 17.3 Å². The number of hydrogen-bond acceptors (Lipinski definition) is 5. The molecule has 2 heterocycles. The lowest BCUT2D eigenvalue weighted by Crippen LogP contribution is -2.19. The first-order chi connectivity index (χ1) is 14.0. The predicted octanol–water partition coefficient (Wildman–Crippen LogP) is 3.76. The molecular weight excluding hydrogens is 386 g/mol. The van der Waals surface area contributed by atoms with Crippen molar-refractivity contribution in [3.63, 3.8) is 0 Å². The van der Waals surface area contributed by atoms with Gasteiger partial charge in [-0.15, -0.1) is 10.2 Å². The van der Waals surface area contributed by atoms with E-state index >= 15 is 0 Å². The van der Waals surface area contributed by atoms with Gasteiger partial charge in [0.25, 0.3) is 11.5 Å². The average Bonchev–Trinajstić information content (AvgIpc) is 3.12. The molecule has 0 radical (unpaired) electrons. The number of aromatic amines is 1. The molecule has 1 amide bonds. The zero-order valence-electron chi connectivity index (χ0n) is 15.9. The van der Waals surface area contributed by atoms with Gasteiger partial charge in [-0.25, -0.2) is 0 Å². The smallest absolute Gasteiger partial charge is 0.272 e. The maximum atomic E-state index is 12.7. The Morgan fingerprint density at radius 3 is 2.79 bits per heavy atom. The standard InChI is InChI=1S/C21H19N5O2S/c1-13(29-21-25-22-12-26(21)2)14-7-5-8-16(10-14)23-20(28)18-11-15-6-3-4-9-17(15)19(27)24-18/h3-13H,1-2H3,(H,23,28)(H,24,27). The predicted molar refractivity (Wildman–Crippen MR) is 114 cm³/mol. The van der Waals surface area contributed by atoms with E-state index in [-0.39, 0.29) is 22.4 Å². The molecule has 0 aliphatic carbocycles. The zero-order valence-corrected chi connectivity index (χ0v) is 16.7. The van der Waals surface area contributed by atoms with Gasteiger partial charge in [-0.1, -0.05) is 42.1 Å². The van der Waals surface area contributed by atoms with E-state index in [0.717, 1.165) is 16.1 Å². The molecular formula is C21H19N5O2S. The van der Waals surface area contributed by atoms with E-state index in [9.17, 15) is 9.59 Å². The van der Waals surface area contributed by atoms with Crippen LogP contribution in [0.4, 0.5) is 5.69 Å². The van der Waals surface area contributed by atoms with E-state index < -0.39 is 0 Å². The van der Waals surface area contributed by atoms with Crippen molar-refractivity contribution in [3.8, 4) is 0 Å². The molecule has 1 unspecified atom stereocenters. The normalized spacial score (nSPS) is 12.1. The molecule has 146 valence electrons. The minimum atomic E-state index is -0.362. The highest BCUT2D eigenvalue weighted by Crippen LogP contribution is 2.34. The SMILES string of the molecule is CC(Sc1nncn1C)c1cccc(NC(=O)c2cc3ccccc3c(=O)[nH]2)c1. The molecule has 4 aromatic rings. The van der Waals surface area contributed by atoms with Gasteiger partial charge < -0.3 is 14.9 Å². The highest BCUT2D eigenvalue weighted by atomic mass is 32.2.